The molecule has 7 heteroatoms. The molecule has 178 valence electrons. The molecule has 2 aromatic heterocycles. The minimum atomic E-state index is -0.179. The minimum Gasteiger partial charge on any atom is -0.272 e. The predicted octanol–water partition coefficient (Wildman–Crippen LogP) is 5.95. The van der Waals surface area contributed by atoms with Gasteiger partial charge >= 0.3 is 0 Å². The fourth-order valence-corrected chi connectivity index (χ4v) is 4.80. The highest BCUT2D eigenvalue weighted by molar-refractivity contribution is 8.00. The molecule has 36 heavy (non-hydrogen) atoms. The summed E-state index contributed by atoms with van der Waals surface area (Å²) in [6.45, 7) is 4.01. The van der Waals surface area contributed by atoms with Crippen LogP contribution in [0.3, 0.4) is 0 Å². The smallest absolute Gasteiger partial charge is 0.250 e. The largest absolute Gasteiger partial charge is 0.272 e. The van der Waals surface area contributed by atoms with E-state index in [4.69, 9.17) is 5.10 Å². The Balaban J connectivity index is 1.32. The number of carbonyl (C=O) groups excluding carboxylic acids is 1. The number of hydrogen-bond donors (Lipinski definition) is 1. The molecular weight excluding hydrogens is 466 g/mol. The molecule has 5 aromatic rings. The molecule has 0 saturated carbocycles. The van der Waals surface area contributed by atoms with Crippen molar-refractivity contribution >= 4 is 34.8 Å². The lowest BCUT2D eigenvalue weighted by atomic mass is 10.1. The van der Waals surface area contributed by atoms with Crippen LogP contribution in [-0.2, 0) is 4.79 Å². The van der Waals surface area contributed by atoms with Gasteiger partial charge in [0.05, 0.1) is 23.2 Å². The Morgan fingerprint density at radius 3 is 2.56 bits per heavy atom. The number of nitrogens with zero attached hydrogens (tertiary/aromatic N) is 4. The van der Waals surface area contributed by atoms with Gasteiger partial charge in [-0.1, -0.05) is 66.2 Å². The number of pyridine rings is 1. The second-order valence-corrected chi connectivity index (χ2v) is 9.46. The number of carbonyl (C=O) groups is 1. The number of amides is 1. The molecule has 0 aliphatic rings. The molecule has 1 N–H and O–H groups in total. The van der Waals surface area contributed by atoms with Crippen molar-refractivity contribution in [2.45, 2.75) is 18.7 Å². The number of rotatable bonds is 7. The third-order valence-corrected chi connectivity index (χ3v) is 6.70. The molecule has 0 aliphatic carbocycles. The summed E-state index contributed by atoms with van der Waals surface area (Å²) in [5.41, 5.74) is 9.23. The number of hydrogen-bond acceptors (Lipinski definition) is 5. The maximum absolute atomic E-state index is 12.6. The van der Waals surface area contributed by atoms with E-state index < -0.39 is 0 Å². The second-order valence-electron chi connectivity index (χ2n) is 8.44. The van der Waals surface area contributed by atoms with E-state index >= 15 is 0 Å². The summed E-state index contributed by atoms with van der Waals surface area (Å²) >= 11 is 1.48. The molecular formula is C29H25N5OS. The molecule has 0 spiro atoms. The van der Waals surface area contributed by atoms with E-state index in [1.165, 1.54) is 17.3 Å². The summed E-state index contributed by atoms with van der Waals surface area (Å²) in [4.78, 5) is 18.2. The van der Waals surface area contributed by atoms with Gasteiger partial charge in [-0.15, -0.1) is 11.8 Å². The molecule has 3 aromatic carbocycles. The molecule has 0 unspecified atom stereocenters. The molecule has 6 nitrogen and oxygen atoms in total. The Bertz CT molecular complexity index is 1540. The van der Waals surface area contributed by atoms with Gasteiger partial charge in [0.2, 0.25) is 5.91 Å². The summed E-state index contributed by atoms with van der Waals surface area (Å²) in [7, 11) is 0. The highest BCUT2D eigenvalue weighted by Crippen LogP contribution is 2.27. The van der Waals surface area contributed by atoms with E-state index in [0.29, 0.717) is 0 Å². The number of hydrazone groups is 1. The number of para-hydroxylation sites is 2. The van der Waals surface area contributed by atoms with Crippen molar-refractivity contribution in [3.8, 4) is 16.9 Å². The van der Waals surface area contributed by atoms with Crippen LogP contribution in [0.1, 0.15) is 16.8 Å². The van der Waals surface area contributed by atoms with Crippen LogP contribution < -0.4 is 5.43 Å². The quantitative estimate of drug-likeness (QED) is 0.174. The maximum atomic E-state index is 12.6. The van der Waals surface area contributed by atoms with Gasteiger partial charge in [-0.3, -0.25) is 9.78 Å². The lowest BCUT2D eigenvalue weighted by Gasteiger charge is -2.07. The maximum Gasteiger partial charge on any atom is 0.250 e. The fourth-order valence-electron chi connectivity index (χ4n) is 3.87. The Morgan fingerprint density at radius 1 is 1.00 bits per heavy atom. The Hall–Kier alpha value is -4.23. The van der Waals surface area contributed by atoms with Crippen molar-refractivity contribution in [3.05, 3.63) is 108 Å². The van der Waals surface area contributed by atoms with Gasteiger partial charge in [0.15, 0.2) is 0 Å². The van der Waals surface area contributed by atoms with E-state index in [-0.39, 0.29) is 11.7 Å². The summed E-state index contributed by atoms with van der Waals surface area (Å²) in [5, 5.41) is 10.1. The molecule has 1 amide bonds. The van der Waals surface area contributed by atoms with Crippen LogP contribution in [0.5, 0.6) is 0 Å². The number of benzene rings is 3. The molecule has 2 heterocycles. The molecule has 5 rings (SSSR count). The fraction of sp³-hybridized carbons (Fsp3) is 0.103. The zero-order valence-corrected chi connectivity index (χ0v) is 20.9. The average molecular weight is 492 g/mol. The summed E-state index contributed by atoms with van der Waals surface area (Å²) in [5.74, 6) is 0.0703. The van der Waals surface area contributed by atoms with Gasteiger partial charge in [0, 0.05) is 33.3 Å². The minimum absolute atomic E-state index is 0.179. The van der Waals surface area contributed by atoms with Gasteiger partial charge in [-0.05, 0) is 38.1 Å². The molecule has 0 fully saturated rings. The van der Waals surface area contributed by atoms with Crippen molar-refractivity contribution in [1.82, 2.24) is 20.2 Å². The number of fused-ring (bicyclic) bond motifs is 1. The zero-order chi connectivity index (χ0) is 24.9. The Morgan fingerprint density at radius 2 is 1.75 bits per heavy atom. The van der Waals surface area contributed by atoms with Crippen LogP contribution in [0.25, 0.3) is 27.8 Å². The summed E-state index contributed by atoms with van der Waals surface area (Å²) in [6.07, 6.45) is 3.57. The first kappa shape index (κ1) is 23.5. The SMILES string of the molecule is Cc1ccc(-c2nn(-c3ccccc3)cc2/C=N\NC(=O)CSc2cc(C)nc3ccccc23)cc1. The van der Waals surface area contributed by atoms with Crippen molar-refractivity contribution in [3.63, 3.8) is 0 Å². The lowest BCUT2D eigenvalue weighted by molar-refractivity contribution is -0.118. The first-order chi connectivity index (χ1) is 17.6. The third kappa shape index (κ3) is 5.37. The highest BCUT2D eigenvalue weighted by Gasteiger charge is 2.12. The van der Waals surface area contributed by atoms with Gasteiger partial charge in [-0.2, -0.15) is 10.2 Å². The highest BCUT2D eigenvalue weighted by atomic mass is 32.2. The van der Waals surface area contributed by atoms with E-state index in [2.05, 4.69) is 34.6 Å². The number of aromatic nitrogens is 3. The third-order valence-electron chi connectivity index (χ3n) is 5.65. The molecule has 0 atom stereocenters. The standard InChI is InChI=1S/C29H25N5OS/c1-20-12-14-22(15-13-20)29-23(18-34(33-29)24-8-4-3-5-9-24)17-30-32-28(35)19-36-27-16-21(2)31-26-11-7-6-10-25(26)27/h3-18H,19H2,1-2H3,(H,32,35)/b30-17-. The normalized spacial score (nSPS) is 11.3. The Labute approximate surface area is 214 Å². The molecule has 0 radical (unpaired) electrons. The number of thioether (sulfide) groups is 1. The van der Waals surface area contributed by atoms with Crippen LogP contribution >= 0.6 is 11.8 Å². The van der Waals surface area contributed by atoms with Gasteiger partial charge < -0.3 is 0 Å². The summed E-state index contributed by atoms with van der Waals surface area (Å²) < 4.78 is 1.82. The first-order valence-electron chi connectivity index (χ1n) is 11.6. The predicted molar refractivity (Wildman–Crippen MR) is 147 cm³/mol. The lowest BCUT2D eigenvalue weighted by Crippen LogP contribution is -2.19. The van der Waals surface area contributed by atoms with E-state index in [1.54, 1.807) is 6.21 Å². The first-order valence-corrected chi connectivity index (χ1v) is 12.6. The van der Waals surface area contributed by atoms with Crippen molar-refractivity contribution in [2.24, 2.45) is 5.10 Å². The van der Waals surface area contributed by atoms with Gasteiger partial charge in [-0.25, -0.2) is 10.1 Å². The van der Waals surface area contributed by atoms with Crippen LogP contribution in [0, 0.1) is 13.8 Å². The summed E-state index contributed by atoms with van der Waals surface area (Å²) in [6, 6.07) is 28.1. The van der Waals surface area contributed by atoms with Gasteiger partial charge in [0.25, 0.3) is 0 Å². The van der Waals surface area contributed by atoms with Crippen LogP contribution in [0.15, 0.2) is 101 Å². The molecule has 0 saturated heterocycles. The van der Waals surface area contributed by atoms with E-state index in [1.807, 2.05) is 90.6 Å². The van der Waals surface area contributed by atoms with E-state index in [0.717, 1.165) is 44.0 Å². The van der Waals surface area contributed by atoms with Crippen molar-refractivity contribution in [2.75, 3.05) is 5.75 Å². The van der Waals surface area contributed by atoms with E-state index in [9.17, 15) is 4.79 Å². The van der Waals surface area contributed by atoms with Crippen molar-refractivity contribution < 1.29 is 4.79 Å². The molecule has 0 bridgehead atoms. The van der Waals surface area contributed by atoms with Gasteiger partial charge in [0.1, 0.15) is 5.69 Å². The Kier molecular flexibility index (Phi) is 6.91. The monoisotopic (exact) mass is 491 g/mol. The van der Waals surface area contributed by atoms with Crippen molar-refractivity contribution in [1.29, 1.82) is 0 Å². The topological polar surface area (TPSA) is 72.2 Å². The average Bonchev–Trinajstić information content (AvgIpc) is 3.32. The molecule has 0 aliphatic heterocycles. The number of nitrogens with one attached hydrogen (secondary N) is 1. The zero-order valence-electron chi connectivity index (χ0n) is 20.1. The van der Waals surface area contributed by atoms with Crippen LogP contribution in [-0.4, -0.2) is 32.6 Å². The second kappa shape index (κ2) is 10.6. The van der Waals surface area contributed by atoms with Crippen LogP contribution in [0.4, 0.5) is 0 Å². The van der Waals surface area contributed by atoms with Crippen LogP contribution in [0.2, 0.25) is 0 Å². The number of aryl methyl sites for hydroxylation is 2.